The third-order valence-electron chi connectivity index (χ3n) is 3.44. The number of carbonyl (C=O) groups excluding carboxylic acids is 1. The van der Waals surface area contributed by atoms with Gasteiger partial charge in [-0.1, -0.05) is 12.1 Å². The van der Waals surface area contributed by atoms with Gasteiger partial charge in [0.2, 0.25) is 0 Å². The number of carbonyl (C=O) groups is 1. The molecule has 0 saturated carbocycles. The molecule has 1 amide bonds. The fourth-order valence-electron chi connectivity index (χ4n) is 2.29. The summed E-state index contributed by atoms with van der Waals surface area (Å²) in [6.07, 6.45) is 0.833. The predicted octanol–water partition coefficient (Wildman–Crippen LogP) is 3.94. The average Bonchev–Trinajstić information content (AvgIpc) is 2.93. The van der Waals surface area contributed by atoms with Crippen molar-refractivity contribution in [3.05, 3.63) is 29.8 Å². The lowest BCUT2D eigenvalue weighted by Gasteiger charge is -2.24. The molecular formula is C17H25NO3S. The second kappa shape index (κ2) is 7.27. The van der Waals surface area contributed by atoms with Crippen molar-refractivity contribution in [3.63, 3.8) is 0 Å². The van der Waals surface area contributed by atoms with Crippen molar-refractivity contribution >= 4 is 17.9 Å². The van der Waals surface area contributed by atoms with Crippen molar-refractivity contribution in [1.82, 2.24) is 4.90 Å². The Kier molecular flexibility index (Phi) is 5.62. The molecule has 0 bridgehead atoms. The highest BCUT2D eigenvalue weighted by molar-refractivity contribution is 7.99. The number of nitrogens with zero attached hydrogens (tertiary/aromatic N) is 1. The lowest BCUT2D eigenvalue weighted by atomic mass is 10.2. The Morgan fingerprint density at radius 3 is 2.59 bits per heavy atom. The van der Waals surface area contributed by atoms with E-state index in [0.717, 1.165) is 31.0 Å². The zero-order chi connectivity index (χ0) is 16.2. The average molecular weight is 323 g/mol. The minimum absolute atomic E-state index is 0.194. The van der Waals surface area contributed by atoms with Gasteiger partial charge in [-0.3, -0.25) is 0 Å². The van der Waals surface area contributed by atoms with Gasteiger partial charge in [0.25, 0.3) is 0 Å². The molecule has 1 unspecified atom stereocenters. The number of hydrogen-bond donors (Lipinski definition) is 0. The Labute approximate surface area is 137 Å². The molecule has 0 aliphatic carbocycles. The van der Waals surface area contributed by atoms with Gasteiger partial charge in [-0.25, -0.2) is 4.79 Å². The van der Waals surface area contributed by atoms with Crippen LogP contribution in [-0.2, 0) is 10.5 Å². The highest BCUT2D eigenvalue weighted by Crippen LogP contribution is 2.27. The van der Waals surface area contributed by atoms with E-state index in [4.69, 9.17) is 9.47 Å². The molecule has 0 spiro atoms. The number of ether oxygens (including phenoxy) is 2. The van der Waals surface area contributed by atoms with E-state index in [1.807, 2.05) is 49.6 Å². The summed E-state index contributed by atoms with van der Waals surface area (Å²) in [6, 6.07) is 8.15. The molecule has 1 aromatic rings. The van der Waals surface area contributed by atoms with Crippen molar-refractivity contribution in [3.8, 4) is 5.75 Å². The Bertz CT molecular complexity index is 496. The molecule has 2 rings (SSSR count). The zero-order valence-electron chi connectivity index (χ0n) is 13.8. The van der Waals surface area contributed by atoms with Crippen molar-refractivity contribution < 1.29 is 14.3 Å². The van der Waals surface area contributed by atoms with E-state index in [9.17, 15) is 4.79 Å². The minimum Gasteiger partial charge on any atom is -0.497 e. The zero-order valence-corrected chi connectivity index (χ0v) is 14.6. The highest BCUT2D eigenvalue weighted by Gasteiger charge is 2.29. The van der Waals surface area contributed by atoms with E-state index < -0.39 is 5.60 Å². The van der Waals surface area contributed by atoms with Crippen LogP contribution in [0.5, 0.6) is 5.75 Å². The first-order valence-corrected chi connectivity index (χ1v) is 8.65. The van der Waals surface area contributed by atoms with Gasteiger partial charge in [-0.05, 0) is 44.9 Å². The van der Waals surface area contributed by atoms with Crippen LogP contribution < -0.4 is 4.74 Å². The molecule has 1 atom stereocenters. The molecule has 1 fully saturated rings. The Morgan fingerprint density at radius 2 is 2.00 bits per heavy atom. The van der Waals surface area contributed by atoms with Gasteiger partial charge in [0.15, 0.2) is 0 Å². The monoisotopic (exact) mass is 323 g/mol. The number of hydrogen-bond acceptors (Lipinski definition) is 4. The van der Waals surface area contributed by atoms with Gasteiger partial charge in [0.05, 0.1) is 7.11 Å². The molecule has 0 aromatic heterocycles. The molecule has 4 nitrogen and oxygen atoms in total. The fourth-order valence-corrected chi connectivity index (χ4v) is 3.47. The molecule has 1 aliphatic rings. The first-order valence-electron chi connectivity index (χ1n) is 7.60. The summed E-state index contributed by atoms with van der Waals surface area (Å²) in [5.74, 6) is 1.84. The molecule has 0 radical (unpaired) electrons. The molecule has 1 heterocycles. The largest absolute Gasteiger partial charge is 0.497 e. The van der Waals surface area contributed by atoms with E-state index in [1.165, 1.54) is 5.56 Å². The van der Waals surface area contributed by atoms with Crippen LogP contribution in [0.3, 0.4) is 0 Å². The fraction of sp³-hybridized carbons (Fsp3) is 0.588. The van der Waals surface area contributed by atoms with E-state index >= 15 is 0 Å². The maximum Gasteiger partial charge on any atom is 0.410 e. The summed E-state index contributed by atoms with van der Waals surface area (Å²) >= 11 is 1.90. The Balaban J connectivity index is 1.77. The van der Waals surface area contributed by atoms with E-state index in [-0.39, 0.29) is 6.09 Å². The van der Waals surface area contributed by atoms with Crippen molar-refractivity contribution in [2.75, 3.05) is 20.2 Å². The summed E-state index contributed by atoms with van der Waals surface area (Å²) < 4.78 is 10.6. The lowest BCUT2D eigenvalue weighted by Crippen LogP contribution is -2.35. The van der Waals surface area contributed by atoms with Gasteiger partial charge in [-0.2, -0.15) is 11.8 Å². The Hall–Kier alpha value is -1.36. The first kappa shape index (κ1) is 17.0. The SMILES string of the molecule is COc1ccc(CSC2CCN(C(=O)OC(C)(C)C)C2)cc1. The molecule has 5 heteroatoms. The maximum atomic E-state index is 12.0. The summed E-state index contributed by atoms with van der Waals surface area (Å²) in [5.41, 5.74) is 0.854. The highest BCUT2D eigenvalue weighted by atomic mass is 32.2. The van der Waals surface area contributed by atoms with E-state index in [0.29, 0.717) is 5.25 Å². The van der Waals surface area contributed by atoms with Gasteiger partial charge >= 0.3 is 6.09 Å². The second-order valence-electron chi connectivity index (χ2n) is 6.50. The van der Waals surface area contributed by atoms with E-state index in [1.54, 1.807) is 7.11 Å². The minimum atomic E-state index is -0.425. The summed E-state index contributed by atoms with van der Waals surface area (Å²) in [4.78, 5) is 13.8. The van der Waals surface area contributed by atoms with Crippen molar-refractivity contribution in [1.29, 1.82) is 0 Å². The summed E-state index contributed by atoms with van der Waals surface area (Å²) in [5, 5.41) is 0.481. The number of methoxy groups -OCH3 is 1. The number of amides is 1. The third kappa shape index (κ3) is 5.13. The van der Waals surface area contributed by atoms with Crippen LogP contribution >= 0.6 is 11.8 Å². The predicted molar refractivity (Wildman–Crippen MR) is 90.5 cm³/mol. The third-order valence-corrected chi connectivity index (χ3v) is 4.80. The number of likely N-dealkylation sites (tertiary alicyclic amines) is 1. The van der Waals surface area contributed by atoms with Crippen molar-refractivity contribution in [2.45, 2.75) is 43.8 Å². The van der Waals surface area contributed by atoms with Gasteiger partial charge in [-0.15, -0.1) is 0 Å². The maximum absolute atomic E-state index is 12.0. The molecule has 1 aliphatic heterocycles. The van der Waals surface area contributed by atoms with Crippen molar-refractivity contribution in [2.24, 2.45) is 0 Å². The number of rotatable bonds is 4. The number of thioether (sulfide) groups is 1. The Morgan fingerprint density at radius 1 is 1.32 bits per heavy atom. The van der Waals surface area contributed by atoms with Crippen LogP contribution in [0.2, 0.25) is 0 Å². The quantitative estimate of drug-likeness (QED) is 0.841. The van der Waals surface area contributed by atoms with Crippen LogP contribution in [0.25, 0.3) is 0 Å². The number of benzene rings is 1. The second-order valence-corrected chi connectivity index (χ2v) is 7.78. The van der Waals surface area contributed by atoms with Crippen LogP contribution in [0.1, 0.15) is 32.8 Å². The summed E-state index contributed by atoms with van der Waals surface area (Å²) in [6.45, 7) is 7.26. The van der Waals surface area contributed by atoms with Gasteiger partial charge in [0.1, 0.15) is 11.4 Å². The molecule has 22 heavy (non-hydrogen) atoms. The van der Waals surface area contributed by atoms with Crippen LogP contribution in [0.15, 0.2) is 24.3 Å². The van der Waals surface area contributed by atoms with Crippen LogP contribution in [-0.4, -0.2) is 42.0 Å². The van der Waals surface area contributed by atoms with Gasteiger partial charge in [0, 0.05) is 24.1 Å². The summed E-state index contributed by atoms with van der Waals surface area (Å²) in [7, 11) is 1.67. The first-order chi connectivity index (χ1) is 10.4. The topological polar surface area (TPSA) is 38.8 Å². The standard InChI is InChI=1S/C17H25NO3S/c1-17(2,3)21-16(19)18-10-9-15(11-18)22-12-13-5-7-14(20-4)8-6-13/h5-8,15H,9-12H2,1-4H3. The molecular weight excluding hydrogens is 298 g/mol. The molecule has 1 saturated heterocycles. The molecule has 1 aromatic carbocycles. The molecule has 0 N–H and O–H groups in total. The van der Waals surface area contributed by atoms with Gasteiger partial charge < -0.3 is 14.4 Å². The van der Waals surface area contributed by atoms with Crippen LogP contribution in [0, 0.1) is 0 Å². The molecule has 122 valence electrons. The van der Waals surface area contributed by atoms with E-state index in [2.05, 4.69) is 12.1 Å². The smallest absolute Gasteiger partial charge is 0.410 e. The lowest BCUT2D eigenvalue weighted by molar-refractivity contribution is 0.0295. The van der Waals surface area contributed by atoms with Crippen LogP contribution in [0.4, 0.5) is 4.79 Å². The normalized spacial score (nSPS) is 18.4.